The molecule has 0 spiro atoms. The minimum atomic E-state index is -0.492. The lowest BCUT2D eigenvalue weighted by molar-refractivity contribution is 0.105. The van der Waals surface area contributed by atoms with E-state index in [0.717, 1.165) is 35.3 Å². The van der Waals surface area contributed by atoms with Crippen molar-refractivity contribution in [3.05, 3.63) is 142 Å². The van der Waals surface area contributed by atoms with E-state index in [0.29, 0.717) is 38.4 Å². The van der Waals surface area contributed by atoms with Gasteiger partial charge in [0.1, 0.15) is 22.9 Å². The first-order chi connectivity index (χ1) is 22.2. The summed E-state index contributed by atoms with van der Waals surface area (Å²) < 4.78 is 13.3. The van der Waals surface area contributed by atoms with E-state index in [1.807, 2.05) is 30.3 Å². The molecule has 0 atom stereocenters. The number of nitriles is 1. The number of hydrogen-bond donors (Lipinski definition) is 0. The Morgan fingerprint density at radius 3 is 2.37 bits per heavy atom. The molecular weight excluding hydrogens is 663 g/mol. The van der Waals surface area contributed by atoms with Gasteiger partial charge in [0.2, 0.25) is 5.78 Å². The van der Waals surface area contributed by atoms with E-state index in [1.54, 1.807) is 54.6 Å². The zero-order valence-electron chi connectivity index (χ0n) is 24.9. The molecule has 232 valence electrons. The summed E-state index contributed by atoms with van der Waals surface area (Å²) in [4.78, 5) is 27.6. The number of rotatable bonds is 10. The van der Waals surface area contributed by atoms with Crippen molar-refractivity contribution < 1.29 is 14.3 Å². The Hall–Kier alpha value is -4.32. The molecule has 0 aliphatic rings. The number of hydrogen-bond acceptors (Lipinski definition) is 6. The van der Waals surface area contributed by atoms with Crippen LogP contribution in [0.5, 0.6) is 11.5 Å². The van der Waals surface area contributed by atoms with E-state index in [9.17, 15) is 14.9 Å². The molecule has 10 heteroatoms. The maximum absolute atomic E-state index is 14.0. The molecule has 0 aliphatic carbocycles. The number of ether oxygens (including phenoxy) is 2. The van der Waals surface area contributed by atoms with Gasteiger partial charge in [0.05, 0.1) is 27.4 Å². The van der Waals surface area contributed by atoms with Gasteiger partial charge in [-0.05, 0) is 60.0 Å². The summed E-state index contributed by atoms with van der Waals surface area (Å²) in [5, 5.41) is 11.4. The summed E-state index contributed by atoms with van der Waals surface area (Å²) in [5.41, 5.74) is 2.67. The minimum Gasteiger partial charge on any atom is -0.493 e. The number of Topliss-reactive ketones (excluding diaryl/α,β-unsaturated/α-hetero) is 1. The zero-order valence-corrected chi connectivity index (χ0v) is 27.9. The molecule has 0 saturated heterocycles. The minimum absolute atomic E-state index is 0.169. The number of methoxy groups -OCH3 is 1. The van der Waals surface area contributed by atoms with Crippen molar-refractivity contribution in [2.75, 3.05) is 7.11 Å². The van der Waals surface area contributed by atoms with Crippen LogP contribution in [0.1, 0.15) is 40.4 Å². The highest BCUT2D eigenvalue weighted by Crippen LogP contribution is 2.30. The highest BCUT2D eigenvalue weighted by molar-refractivity contribution is 7.07. The molecule has 0 radical (unpaired) electrons. The lowest BCUT2D eigenvalue weighted by atomic mass is 10.0. The van der Waals surface area contributed by atoms with Gasteiger partial charge in [0, 0.05) is 16.1 Å². The predicted octanol–water partition coefficient (Wildman–Crippen LogP) is 7.79. The van der Waals surface area contributed by atoms with Crippen LogP contribution in [-0.4, -0.2) is 17.5 Å². The third-order valence-electron chi connectivity index (χ3n) is 7.12. The number of ketones is 1. The lowest BCUT2D eigenvalue weighted by Gasteiger charge is -2.12. The second kappa shape index (κ2) is 14.8. The van der Waals surface area contributed by atoms with E-state index >= 15 is 0 Å². The van der Waals surface area contributed by atoms with E-state index in [4.69, 9.17) is 44.3 Å². The average Bonchev–Trinajstić information content (AvgIpc) is 3.37. The van der Waals surface area contributed by atoms with E-state index in [2.05, 4.69) is 13.0 Å². The summed E-state index contributed by atoms with van der Waals surface area (Å²) in [7, 11) is 1.52. The first-order valence-corrected chi connectivity index (χ1v) is 16.2. The van der Waals surface area contributed by atoms with Gasteiger partial charge in [0.15, 0.2) is 11.5 Å². The van der Waals surface area contributed by atoms with Crippen LogP contribution in [0, 0.1) is 11.3 Å². The van der Waals surface area contributed by atoms with Gasteiger partial charge in [0.25, 0.3) is 5.56 Å². The molecule has 0 amide bonds. The van der Waals surface area contributed by atoms with Crippen LogP contribution in [-0.2, 0) is 13.0 Å². The molecule has 5 rings (SSSR count). The Morgan fingerprint density at radius 2 is 1.70 bits per heavy atom. The van der Waals surface area contributed by atoms with Gasteiger partial charge < -0.3 is 9.47 Å². The van der Waals surface area contributed by atoms with E-state index < -0.39 is 11.3 Å². The topological polar surface area (TPSA) is 81.3 Å². The molecule has 0 unspecified atom stereocenters. The van der Waals surface area contributed by atoms with Crippen molar-refractivity contribution in [2.45, 2.75) is 26.4 Å². The van der Waals surface area contributed by atoms with Gasteiger partial charge in [-0.15, -0.1) is 11.3 Å². The van der Waals surface area contributed by atoms with Gasteiger partial charge in [-0.3, -0.25) is 14.2 Å². The smallest absolute Gasteiger partial charge is 0.273 e. The van der Waals surface area contributed by atoms with Crippen LogP contribution in [0.4, 0.5) is 0 Å². The fourth-order valence-corrected chi connectivity index (χ4v) is 6.36. The summed E-state index contributed by atoms with van der Waals surface area (Å²) in [6.45, 7) is 2.32. The maximum atomic E-state index is 14.0. The van der Waals surface area contributed by atoms with E-state index in [-0.39, 0.29) is 26.4 Å². The largest absolute Gasteiger partial charge is 0.493 e. The Kier molecular flexibility index (Phi) is 10.7. The SMILES string of the molecule is CCCc1ccc(C(=O)C(C#N)=c2sc(=Cc3ccc(OCc4ccccc4Cl)c(OC)c3)c(=O)n2-c2ccc(Cl)c(Cl)c2)cc1. The van der Waals surface area contributed by atoms with Crippen molar-refractivity contribution in [3.8, 4) is 23.3 Å². The molecule has 0 bridgehead atoms. The molecule has 1 heterocycles. The van der Waals surface area contributed by atoms with E-state index in [1.165, 1.54) is 17.7 Å². The van der Waals surface area contributed by atoms with Crippen molar-refractivity contribution >= 4 is 63.6 Å². The second-order valence-electron chi connectivity index (χ2n) is 10.2. The van der Waals surface area contributed by atoms with Crippen LogP contribution in [0.2, 0.25) is 15.1 Å². The van der Waals surface area contributed by atoms with Crippen LogP contribution in [0.15, 0.2) is 89.7 Å². The molecule has 6 nitrogen and oxygen atoms in total. The number of aromatic nitrogens is 1. The second-order valence-corrected chi connectivity index (χ2v) is 12.5. The standard InChI is InChI=1S/C36H27Cl3N2O4S/c1-3-6-22-9-12-24(13-10-22)34(42)27(20-40)36-41(26-14-15-29(38)30(39)19-26)35(43)33(46-36)18-23-11-16-31(32(17-23)44-2)45-21-25-7-4-5-8-28(25)37/h4-5,7-19H,3,6,21H2,1-2H3. The summed E-state index contributed by atoms with van der Waals surface area (Å²) in [5.74, 6) is 0.456. The number of carbonyl (C=O) groups is 1. The Labute approximate surface area is 284 Å². The number of thiazole rings is 1. The number of aryl methyl sites for hydroxylation is 1. The average molecular weight is 690 g/mol. The third-order valence-corrected chi connectivity index (χ3v) is 9.32. The Bertz CT molecular complexity index is 2150. The molecule has 46 heavy (non-hydrogen) atoms. The van der Waals surface area contributed by atoms with Crippen molar-refractivity contribution in [1.29, 1.82) is 5.26 Å². The molecule has 4 aromatic carbocycles. The molecule has 5 aromatic rings. The first kappa shape index (κ1) is 33.1. The number of carbonyl (C=O) groups excluding carboxylic acids is 1. The predicted molar refractivity (Wildman–Crippen MR) is 185 cm³/mol. The van der Waals surface area contributed by atoms with Crippen molar-refractivity contribution in [2.24, 2.45) is 0 Å². The van der Waals surface area contributed by atoms with Gasteiger partial charge in [-0.1, -0.05) is 96.7 Å². The normalized spacial score (nSPS) is 12.0. The third kappa shape index (κ3) is 7.22. The summed E-state index contributed by atoms with van der Waals surface area (Å²) in [6, 6.07) is 26.6. The van der Waals surface area contributed by atoms with Gasteiger partial charge >= 0.3 is 0 Å². The molecule has 0 fully saturated rings. The zero-order chi connectivity index (χ0) is 32.8. The van der Waals surface area contributed by atoms with Crippen LogP contribution in [0.25, 0.3) is 17.3 Å². The Morgan fingerprint density at radius 1 is 0.935 bits per heavy atom. The highest BCUT2D eigenvalue weighted by Gasteiger charge is 2.19. The van der Waals surface area contributed by atoms with Gasteiger partial charge in [-0.25, -0.2) is 0 Å². The number of halogens is 3. The van der Waals surface area contributed by atoms with Crippen molar-refractivity contribution in [3.63, 3.8) is 0 Å². The fourth-order valence-electron chi connectivity index (χ4n) is 4.78. The molecule has 1 aromatic heterocycles. The lowest BCUT2D eigenvalue weighted by Crippen LogP contribution is -2.31. The monoisotopic (exact) mass is 688 g/mol. The van der Waals surface area contributed by atoms with Crippen molar-refractivity contribution in [1.82, 2.24) is 4.57 Å². The molecule has 0 N–H and O–H groups in total. The van der Waals surface area contributed by atoms with Crippen LogP contribution < -0.4 is 24.2 Å². The first-order valence-electron chi connectivity index (χ1n) is 14.2. The quantitative estimate of drug-likeness (QED) is 0.140. The molecular formula is C36H27Cl3N2O4S. The van der Waals surface area contributed by atoms with Gasteiger partial charge in [-0.2, -0.15) is 5.26 Å². The maximum Gasteiger partial charge on any atom is 0.273 e. The summed E-state index contributed by atoms with van der Waals surface area (Å²) >= 11 is 19.8. The Balaban J connectivity index is 1.63. The highest BCUT2D eigenvalue weighted by atomic mass is 35.5. The van der Waals surface area contributed by atoms with Crippen LogP contribution >= 0.6 is 46.1 Å². The molecule has 0 aliphatic heterocycles. The molecule has 0 saturated carbocycles. The fraction of sp³-hybridized carbons (Fsp3) is 0.139. The van der Waals surface area contributed by atoms with Crippen LogP contribution in [0.3, 0.4) is 0 Å². The summed E-state index contributed by atoms with van der Waals surface area (Å²) in [6.07, 6.45) is 3.52. The number of nitrogens with zero attached hydrogens (tertiary/aromatic N) is 2. The number of benzene rings is 4.